The lowest BCUT2D eigenvalue weighted by atomic mass is 10.1. The zero-order valence-electron chi connectivity index (χ0n) is 13.9. The molecule has 0 N–H and O–H groups in total. The third-order valence-electron chi connectivity index (χ3n) is 5.01. The fraction of sp³-hybridized carbons (Fsp3) is 0.0435. The minimum atomic E-state index is -0.299. The maximum atomic E-state index is 12.9. The zero-order valence-corrected chi connectivity index (χ0v) is 13.9. The number of amides is 2. The third kappa shape index (κ3) is 2.07. The van der Waals surface area contributed by atoms with Crippen molar-refractivity contribution in [2.45, 2.75) is 6.04 Å². The summed E-state index contributed by atoms with van der Waals surface area (Å²) < 4.78 is 0. The number of carbonyl (C=O) groups is 2. The van der Waals surface area contributed by atoms with E-state index in [1.807, 2.05) is 60.7 Å². The fourth-order valence-electron chi connectivity index (χ4n) is 3.77. The molecule has 3 heteroatoms. The largest absolute Gasteiger partial charge is 0.269 e. The molecule has 26 heavy (non-hydrogen) atoms. The van der Waals surface area contributed by atoms with E-state index in [1.54, 1.807) is 24.3 Å². The minimum absolute atomic E-state index is 0.213. The molecule has 1 heterocycles. The van der Waals surface area contributed by atoms with Gasteiger partial charge in [-0.1, -0.05) is 72.8 Å². The Morgan fingerprint density at radius 1 is 0.538 bits per heavy atom. The Bertz CT molecular complexity index is 983. The van der Waals surface area contributed by atoms with E-state index in [-0.39, 0.29) is 17.9 Å². The lowest BCUT2D eigenvalue weighted by Gasteiger charge is -2.16. The molecular weight excluding hydrogens is 322 g/mol. The second-order valence-electron chi connectivity index (χ2n) is 6.49. The van der Waals surface area contributed by atoms with Crippen molar-refractivity contribution in [3.63, 3.8) is 0 Å². The van der Waals surface area contributed by atoms with Crippen LogP contribution in [-0.2, 0) is 0 Å². The molecule has 0 bridgehead atoms. The van der Waals surface area contributed by atoms with Gasteiger partial charge in [0.15, 0.2) is 0 Å². The summed E-state index contributed by atoms with van der Waals surface area (Å²) in [5.41, 5.74) is 5.17. The van der Waals surface area contributed by atoms with Gasteiger partial charge in [0.2, 0.25) is 0 Å². The molecule has 3 nitrogen and oxygen atoms in total. The van der Waals surface area contributed by atoms with Crippen LogP contribution in [0.15, 0.2) is 84.9 Å². The standard InChI is InChI=1S/C23H15NO2/c25-22-17-13-7-8-14-18(17)23(26)24(22)21-19(15-9-3-1-4-10-15)20(21)16-11-5-2-6-12-16/h1-14,21H. The monoisotopic (exact) mass is 337 g/mol. The van der Waals surface area contributed by atoms with Crippen LogP contribution in [0.1, 0.15) is 31.8 Å². The first-order chi connectivity index (χ1) is 12.8. The summed E-state index contributed by atoms with van der Waals surface area (Å²) in [4.78, 5) is 27.3. The first kappa shape index (κ1) is 14.8. The number of rotatable bonds is 3. The van der Waals surface area contributed by atoms with Gasteiger partial charge in [-0.3, -0.25) is 14.5 Å². The van der Waals surface area contributed by atoms with Crippen molar-refractivity contribution < 1.29 is 9.59 Å². The highest BCUT2D eigenvalue weighted by atomic mass is 16.2. The molecule has 5 rings (SSSR count). The molecule has 0 saturated heterocycles. The van der Waals surface area contributed by atoms with Crippen LogP contribution < -0.4 is 0 Å². The Labute approximate surface area is 151 Å². The Kier molecular flexibility index (Phi) is 3.16. The molecule has 3 aromatic carbocycles. The van der Waals surface area contributed by atoms with E-state index in [0.717, 1.165) is 22.3 Å². The molecule has 0 atom stereocenters. The van der Waals surface area contributed by atoms with E-state index in [2.05, 4.69) is 0 Å². The minimum Gasteiger partial charge on any atom is -0.269 e. The topological polar surface area (TPSA) is 37.4 Å². The Hall–Kier alpha value is -3.46. The molecule has 0 fully saturated rings. The second-order valence-corrected chi connectivity index (χ2v) is 6.49. The summed E-state index contributed by atoms with van der Waals surface area (Å²) in [6, 6.07) is 26.7. The summed E-state index contributed by atoms with van der Waals surface area (Å²) in [5, 5.41) is 0. The zero-order chi connectivity index (χ0) is 17.7. The molecule has 0 spiro atoms. The summed E-state index contributed by atoms with van der Waals surface area (Å²) in [6.45, 7) is 0. The number of hydrogen-bond acceptors (Lipinski definition) is 2. The Balaban J connectivity index is 1.60. The number of hydrogen-bond donors (Lipinski definition) is 0. The maximum Gasteiger partial charge on any atom is 0.262 e. The lowest BCUT2D eigenvalue weighted by molar-refractivity contribution is 0.0658. The van der Waals surface area contributed by atoms with Crippen LogP contribution >= 0.6 is 0 Å². The molecule has 124 valence electrons. The van der Waals surface area contributed by atoms with Gasteiger partial charge in [0.1, 0.15) is 0 Å². The molecule has 1 aliphatic heterocycles. The first-order valence-corrected chi connectivity index (χ1v) is 8.59. The predicted octanol–water partition coefficient (Wildman–Crippen LogP) is 4.28. The molecule has 3 aromatic rings. The number of benzene rings is 3. The number of fused-ring (bicyclic) bond motifs is 1. The van der Waals surface area contributed by atoms with E-state index in [0.29, 0.717) is 11.1 Å². The van der Waals surface area contributed by atoms with Crippen molar-refractivity contribution in [2.24, 2.45) is 0 Å². The first-order valence-electron chi connectivity index (χ1n) is 8.59. The highest BCUT2D eigenvalue weighted by Crippen LogP contribution is 2.52. The van der Waals surface area contributed by atoms with Crippen molar-refractivity contribution in [1.29, 1.82) is 0 Å². The van der Waals surface area contributed by atoms with Crippen molar-refractivity contribution in [1.82, 2.24) is 4.90 Å². The molecule has 0 aromatic heterocycles. The van der Waals surface area contributed by atoms with Crippen molar-refractivity contribution >= 4 is 23.0 Å². The van der Waals surface area contributed by atoms with E-state index >= 15 is 0 Å². The van der Waals surface area contributed by atoms with Gasteiger partial charge in [0.25, 0.3) is 11.8 Å². The van der Waals surface area contributed by atoms with Crippen LogP contribution in [-0.4, -0.2) is 22.8 Å². The van der Waals surface area contributed by atoms with Gasteiger partial charge in [-0.25, -0.2) is 0 Å². The summed E-state index contributed by atoms with van der Waals surface area (Å²) in [6.07, 6.45) is 0. The SMILES string of the molecule is O=C1c2ccccc2C(=O)N1C1C(c2ccccc2)=C1c1ccccc1. The van der Waals surface area contributed by atoms with Gasteiger partial charge in [0.05, 0.1) is 17.2 Å². The molecule has 1 aliphatic carbocycles. The van der Waals surface area contributed by atoms with Crippen LogP contribution in [0.5, 0.6) is 0 Å². The van der Waals surface area contributed by atoms with Crippen molar-refractivity contribution in [2.75, 3.05) is 0 Å². The van der Waals surface area contributed by atoms with E-state index in [9.17, 15) is 9.59 Å². The molecule has 0 radical (unpaired) electrons. The van der Waals surface area contributed by atoms with Gasteiger partial charge in [-0.2, -0.15) is 0 Å². The quantitative estimate of drug-likeness (QED) is 0.669. The average Bonchev–Trinajstić information content (AvgIpc) is 3.38. The van der Waals surface area contributed by atoms with Gasteiger partial charge < -0.3 is 0 Å². The van der Waals surface area contributed by atoms with Gasteiger partial charge in [-0.15, -0.1) is 0 Å². The number of carbonyl (C=O) groups excluding carboxylic acids is 2. The van der Waals surface area contributed by atoms with Crippen LogP contribution in [0.25, 0.3) is 11.1 Å². The van der Waals surface area contributed by atoms with Crippen LogP contribution in [0.4, 0.5) is 0 Å². The number of nitrogens with zero attached hydrogens (tertiary/aromatic N) is 1. The summed E-state index contributed by atoms with van der Waals surface area (Å²) in [5.74, 6) is -0.426. The predicted molar refractivity (Wildman–Crippen MR) is 100 cm³/mol. The average molecular weight is 337 g/mol. The van der Waals surface area contributed by atoms with Gasteiger partial charge in [0, 0.05) is 0 Å². The fourth-order valence-corrected chi connectivity index (χ4v) is 3.77. The van der Waals surface area contributed by atoms with Crippen molar-refractivity contribution in [3.8, 4) is 0 Å². The van der Waals surface area contributed by atoms with E-state index < -0.39 is 0 Å². The van der Waals surface area contributed by atoms with Crippen LogP contribution in [0, 0.1) is 0 Å². The lowest BCUT2D eigenvalue weighted by Crippen LogP contribution is -2.34. The highest BCUT2D eigenvalue weighted by molar-refractivity contribution is 6.27. The second kappa shape index (κ2) is 5.53. The molecule has 0 saturated carbocycles. The van der Waals surface area contributed by atoms with Crippen molar-refractivity contribution in [3.05, 3.63) is 107 Å². The van der Waals surface area contributed by atoms with Crippen LogP contribution in [0.2, 0.25) is 0 Å². The smallest absolute Gasteiger partial charge is 0.262 e. The molecular formula is C23H15NO2. The van der Waals surface area contributed by atoms with E-state index in [4.69, 9.17) is 0 Å². The highest BCUT2D eigenvalue weighted by Gasteiger charge is 2.50. The Morgan fingerprint density at radius 2 is 0.923 bits per heavy atom. The van der Waals surface area contributed by atoms with E-state index in [1.165, 1.54) is 4.90 Å². The molecule has 0 unspecified atom stereocenters. The van der Waals surface area contributed by atoms with Gasteiger partial charge >= 0.3 is 0 Å². The number of imide groups is 1. The maximum absolute atomic E-state index is 12.9. The van der Waals surface area contributed by atoms with Gasteiger partial charge in [-0.05, 0) is 34.4 Å². The Morgan fingerprint density at radius 3 is 1.35 bits per heavy atom. The summed E-state index contributed by atoms with van der Waals surface area (Å²) in [7, 11) is 0. The third-order valence-corrected chi connectivity index (χ3v) is 5.01. The summed E-state index contributed by atoms with van der Waals surface area (Å²) >= 11 is 0. The van der Waals surface area contributed by atoms with Crippen LogP contribution in [0.3, 0.4) is 0 Å². The normalized spacial score (nSPS) is 16.2. The molecule has 2 aliphatic rings. The molecule has 2 amide bonds.